The fourth-order valence-corrected chi connectivity index (χ4v) is 2.52. The summed E-state index contributed by atoms with van der Waals surface area (Å²) in [5, 5.41) is 0. The van der Waals surface area contributed by atoms with Crippen LogP contribution in [-0.2, 0) is 6.42 Å². The summed E-state index contributed by atoms with van der Waals surface area (Å²) in [6.45, 7) is 0.581. The number of halogens is 1. The van der Waals surface area contributed by atoms with E-state index < -0.39 is 5.82 Å². The maximum atomic E-state index is 13.7. The molecule has 1 aromatic heterocycles. The van der Waals surface area contributed by atoms with E-state index in [0.29, 0.717) is 12.2 Å². The summed E-state index contributed by atoms with van der Waals surface area (Å²) >= 11 is 0. The standard InChI is InChI=1S/C15H14FN3O/c16-13-9-18-6-5-12(13)15(20)19-7-1-2-10-8-11(17)3-4-14(10)19/h3-6,8-9H,1-2,7,17H2. The zero-order valence-corrected chi connectivity index (χ0v) is 10.8. The molecule has 1 amide bonds. The lowest BCUT2D eigenvalue weighted by Crippen LogP contribution is -2.36. The molecule has 0 atom stereocenters. The highest BCUT2D eigenvalue weighted by Crippen LogP contribution is 2.30. The molecule has 1 aromatic carbocycles. The van der Waals surface area contributed by atoms with Crippen molar-refractivity contribution in [2.45, 2.75) is 12.8 Å². The van der Waals surface area contributed by atoms with Crippen LogP contribution >= 0.6 is 0 Å². The first-order chi connectivity index (χ1) is 9.66. The van der Waals surface area contributed by atoms with Crippen LogP contribution in [0.1, 0.15) is 22.3 Å². The van der Waals surface area contributed by atoms with Crippen LogP contribution in [0.3, 0.4) is 0 Å². The van der Waals surface area contributed by atoms with Crippen LogP contribution < -0.4 is 10.6 Å². The molecule has 4 nitrogen and oxygen atoms in total. The maximum absolute atomic E-state index is 13.7. The Labute approximate surface area is 116 Å². The number of hydrogen-bond acceptors (Lipinski definition) is 3. The van der Waals surface area contributed by atoms with Crippen LogP contribution in [0.2, 0.25) is 0 Å². The van der Waals surface area contributed by atoms with E-state index in [1.54, 1.807) is 11.0 Å². The first-order valence-corrected chi connectivity index (χ1v) is 6.46. The molecule has 1 aliphatic heterocycles. The second kappa shape index (κ2) is 4.92. The number of hydrogen-bond donors (Lipinski definition) is 1. The van der Waals surface area contributed by atoms with E-state index >= 15 is 0 Å². The van der Waals surface area contributed by atoms with Crippen molar-refractivity contribution in [1.82, 2.24) is 4.98 Å². The van der Waals surface area contributed by atoms with E-state index in [-0.39, 0.29) is 11.5 Å². The summed E-state index contributed by atoms with van der Waals surface area (Å²) in [6, 6.07) is 6.86. The molecule has 20 heavy (non-hydrogen) atoms. The SMILES string of the molecule is Nc1ccc2c(c1)CCCN2C(=O)c1ccncc1F. The van der Waals surface area contributed by atoms with E-state index in [4.69, 9.17) is 5.73 Å². The van der Waals surface area contributed by atoms with Gasteiger partial charge in [0.25, 0.3) is 5.91 Å². The highest BCUT2D eigenvalue weighted by atomic mass is 19.1. The molecule has 1 aliphatic rings. The van der Waals surface area contributed by atoms with Gasteiger partial charge in [-0.15, -0.1) is 0 Å². The van der Waals surface area contributed by atoms with Gasteiger partial charge in [-0.3, -0.25) is 9.78 Å². The third kappa shape index (κ3) is 2.11. The van der Waals surface area contributed by atoms with Crippen LogP contribution in [0.15, 0.2) is 36.7 Å². The lowest BCUT2D eigenvalue weighted by molar-refractivity contribution is 0.0981. The lowest BCUT2D eigenvalue weighted by Gasteiger charge is -2.29. The predicted octanol–water partition coefficient (Wildman–Crippen LogP) is 2.40. The number of carbonyl (C=O) groups is 1. The number of carbonyl (C=O) groups excluding carboxylic acids is 1. The smallest absolute Gasteiger partial charge is 0.261 e. The molecular formula is C15H14FN3O. The fourth-order valence-electron chi connectivity index (χ4n) is 2.52. The summed E-state index contributed by atoms with van der Waals surface area (Å²) in [4.78, 5) is 17.8. The quantitative estimate of drug-likeness (QED) is 0.810. The van der Waals surface area contributed by atoms with Gasteiger partial charge in [-0.05, 0) is 42.7 Å². The highest BCUT2D eigenvalue weighted by Gasteiger charge is 2.25. The molecule has 0 saturated carbocycles. The fraction of sp³-hybridized carbons (Fsp3) is 0.200. The van der Waals surface area contributed by atoms with Gasteiger partial charge in [0.15, 0.2) is 5.82 Å². The van der Waals surface area contributed by atoms with Crippen molar-refractivity contribution in [3.63, 3.8) is 0 Å². The number of rotatable bonds is 1. The van der Waals surface area contributed by atoms with Gasteiger partial charge in [-0.2, -0.15) is 0 Å². The zero-order valence-electron chi connectivity index (χ0n) is 10.8. The zero-order chi connectivity index (χ0) is 14.1. The Morgan fingerprint density at radius 2 is 2.20 bits per heavy atom. The number of anilines is 2. The van der Waals surface area contributed by atoms with Crippen LogP contribution in [0.4, 0.5) is 15.8 Å². The van der Waals surface area contributed by atoms with Crippen molar-refractivity contribution in [2.24, 2.45) is 0 Å². The third-order valence-corrected chi connectivity index (χ3v) is 3.47. The van der Waals surface area contributed by atoms with Gasteiger partial charge in [0, 0.05) is 24.1 Å². The highest BCUT2D eigenvalue weighted by molar-refractivity contribution is 6.06. The minimum absolute atomic E-state index is 0.0460. The minimum atomic E-state index is -0.597. The van der Waals surface area contributed by atoms with Crippen LogP contribution in [0, 0.1) is 5.82 Å². The van der Waals surface area contributed by atoms with E-state index in [1.807, 2.05) is 12.1 Å². The van der Waals surface area contributed by atoms with Crippen LogP contribution in [0.25, 0.3) is 0 Å². The number of amides is 1. The predicted molar refractivity (Wildman–Crippen MR) is 75.0 cm³/mol. The Bertz CT molecular complexity index is 672. The van der Waals surface area contributed by atoms with Gasteiger partial charge in [0.05, 0.1) is 11.8 Å². The largest absolute Gasteiger partial charge is 0.399 e. The first-order valence-electron chi connectivity index (χ1n) is 6.46. The molecule has 0 bridgehead atoms. The second-order valence-electron chi connectivity index (χ2n) is 4.80. The van der Waals surface area contributed by atoms with Crippen molar-refractivity contribution < 1.29 is 9.18 Å². The number of nitrogens with two attached hydrogens (primary N) is 1. The van der Waals surface area contributed by atoms with Gasteiger partial charge < -0.3 is 10.6 Å². The molecular weight excluding hydrogens is 257 g/mol. The van der Waals surface area contributed by atoms with Crippen molar-refractivity contribution >= 4 is 17.3 Å². The molecule has 2 heterocycles. The lowest BCUT2D eigenvalue weighted by atomic mass is 10.00. The van der Waals surface area contributed by atoms with Gasteiger partial charge in [0.1, 0.15) is 0 Å². The average Bonchev–Trinajstić information content (AvgIpc) is 2.46. The Morgan fingerprint density at radius 1 is 1.35 bits per heavy atom. The van der Waals surface area contributed by atoms with Crippen molar-refractivity contribution in [2.75, 3.05) is 17.2 Å². The van der Waals surface area contributed by atoms with Gasteiger partial charge >= 0.3 is 0 Å². The van der Waals surface area contributed by atoms with Crippen LogP contribution in [0.5, 0.6) is 0 Å². The van der Waals surface area contributed by atoms with Crippen LogP contribution in [-0.4, -0.2) is 17.4 Å². The number of aromatic nitrogens is 1. The number of fused-ring (bicyclic) bond motifs is 1. The molecule has 0 aliphatic carbocycles. The van der Waals surface area contributed by atoms with E-state index in [0.717, 1.165) is 30.3 Å². The monoisotopic (exact) mass is 271 g/mol. The van der Waals surface area contributed by atoms with Crippen molar-refractivity contribution in [1.29, 1.82) is 0 Å². The second-order valence-corrected chi connectivity index (χ2v) is 4.80. The molecule has 0 fully saturated rings. The summed E-state index contributed by atoms with van der Waals surface area (Å²) in [6.07, 6.45) is 4.20. The summed E-state index contributed by atoms with van der Waals surface area (Å²) in [5.74, 6) is -0.935. The van der Waals surface area contributed by atoms with E-state index in [9.17, 15) is 9.18 Å². The van der Waals surface area contributed by atoms with Crippen molar-refractivity contribution in [3.05, 3.63) is 53.6 Å². The number of nitrogen functional groups attached to an aromatic ring is 1. The first kappa shape index (κ1) is 12.6. The summed E-state index contributed by atoms with van der Waals surface area (Å²) < 4.78 is 13.7. The summed E-state index contributed by atoms with van der Waals surface area (Å²) in [7, 11) is 0. The number of pyridine rings is 1. The Kier molecular flexibility index (Phi) is 3.10. The molecule has 0 radical (unpaired) electrons. The van der Waals surface area contributed by atoms with Gasteiger partial charge in [-0.25, -0.2) is 4.39 Å². The molecule has 2 aromatic rings. The molecule has 102 valence electrons. The molecule has 5 heteroatoms. The molecule has 0 spiro atoms. The molecule has 2 N–H and O–H groups in total. The van der Waals surface area contributed by atoms with Crippen molar-refractivity contribution in [3.8, 4) is 0 Å². The van der Waals surface area contributed by atoms with Gasteiger partial charge in [-0.1, -0.05) is 0 Å². The normalized spacial score (nSPS) is 13.9. The molecule has 0 unspecified atom stereocenters. The maximum Gasteiger partial charge on any atom is 0.261 e. The van der Waals surface area contributed by atoms with E-state index in [1.165, 1.54) is 12.3 Å². The number of benzene rings is 1. The molecule has 0 saturated heterocycles. The summed E-state index contributed by atoms with van der Waals surface area (Å²) in [5.41, 5.74) is 8.33. The topological polar surface area (TPSA) is 59.2 Å². The van der Waals surface area contributed by atoms with Gasteiger partial charge in [0.2, 0.25) is 0 Å². The third-order valence-electron chi connectivity index (χ3n) is 3.47. The Balaban J connectivity index is 2.01. The number of aryl methyl sites for hydroxylation is 1. The average molecular weight is 271 g/mol. The Morgan fingerprint density at radius 3 is 3.00 bits per heavy atom. The van der Waals surface area contributed by atoms with E-state index in [2.05, 4.69) is 4.98 Å². The minimum Gasteiger partial charge on any atom is -0.399 e. The Hall–Kier alpha value is -2.43. The number of nitrogens with zero attached hydrogens (tertiary/aromatic N) is 2. The molecule has 3 rings (SSSR count).